The normalized spacial score (nSPS) is 18.2. The summed E-state index contributed by atoms with van der Waals surface area (Å²) in [5.41, 5.74) is 8.23. The fraction of sp³-hybridized carbons (Fsp3) is 0.391. The Morgan fingerprint density at radius 3 is 2.83 bits per heavy atom. The smallest absolute Gasteiger partial charge is 0.491 e. The van der Waals surface area contributed by atoms with Gasteiger partial charge in [0.15, 0.2) is 5.75 Å². The second kappa shape index (κ2) is 9.08. The average Bonchev–Trinajstić information content (AvgIpc) is 3.13. The Morgan fingerprint density at radius 1 is 1.31 bits per heavy atom. The summed E-state index contributed by atoms with van der Waals surface area (Å²) in [5.74, 6) is -0.159. The van der Waals surface area contributed by atoms with Gasteiger partial charge in [-0.2, -0.15) is 0 Å². The van der Waals surface area contributed by atoms with Gasteiger partial charge >= 0.3 is 6.36 Å². The molecular formula is C23H24F3N5O3S. The minimum atomic E-state index is -4.83. The average molecular weight is 508 g/mol. The largest absolute Gasteiger partial charge is 0.573 e. The zero-order chi connectivity index (χ0) is 24.7. The minimum absolute atomic E-state index is 0.182. The van der Waals surface area contributed by atoms with Crippen molar-refractivity contribution in [1.82, 2.24) is 15.6 Å². The predicted octanol–water partition coefficient (Wildman–Crippen LogP) is 3.23. The van der Waals surface area contributed by atoms with Crippen LogP contribution in [0.5, 0.6) is 11.5 Å². The summed E-state index contributed by atoms with van der Waals surface area (Å²) in [4.78, 5) is 20.2. The molecule has 1 saturated heterocycles. The van der Waals surface area contributed by atoms with Gasteiger partial charge in [-0.15, -0.1) is 24.5 Å². The molecule has 0 spiro atoms. The number of hydrogen-bond acceptors (Lipinski definition) is 8. The number of carbonyl (C=O) groups is 1. The highest BCUT2D eigenvalue weighted by Crippen LogP contribution is 2.40. The number of ether oxygens (including phenoxy) is 2. The van der Waals surface area contributed by atoms with Crippen molar-refractivity contribution < 1.29 is 27.4 Å². The van der Waals surface area contributed by atoms with Gasteiger partial charge in [-0.25, -0.2) is 4.98 Å². The number of rotatable bonds is 4. The van der Waals surface area contributed by atoms with Crippen molar-refractivity contribution >= 4 is 38.8 Å². The summed E-state index contributed by atoms with van der Waals surface area (Å²) in [6.45, 7) is 4.46. The first-order valence-corrected chi connectivity index (χ1v) is 12.0. The Balaban J connectivity index is 1.37. The first kappa shape index (κ1) is 23.5. The third kappa shape index (κ3) is 4.94. The molecule has 1 amide bonds. The second-order valence-corrected chi connectivity index (χ2v) is 9.55. The molecule has 2 aliphatic heterocycles. The van der Waals surface area contributed by atoms with E-state index in [1.54, 1.807) is 6.07 Å². The topological polar surface area (TPSA) is 102 Å². The van der Waals surface area contributed by atoms with E-state index in [2.05, 4.69) is 20.4 Å². The van der Waals surface area contributed by atoms with Gasteiger partial charge in [0.1, 0.15) is 22.1 Å². The van der Waals surface area contributed by atoms with E-state index in [-0.39, 0.29) is 18.3 Å². The molecule has 1 aromatic carbocycles. The number of halogens is 3. The summed E-state index contributed by atoms with van der Waals surface area (Å²) in [5, 5.41) is 6.79. The third-order valence-electron chi connectivity index (χ3n) is 6.01. The lowest BCUT2D eigenvalue weighted by atomic mass is 10.0. The van der Waals surface area contributed by atoms with Crippen LogP contribution in [0.15, 0.2) is 24.3 Å². The van der Waals surface area contributed by atoms with Crippen LogP contribution in [0.25, 0.3) is 10.2 Å². The lowest BCUT2D eigenvalue weighted by molar-refractivity contribution is -0.274. The van der Waals surface area contributed by atoms with Crippen LogP contribution < -0.4 is 30.7 Å². The van der Waals surface area contributed by atoms with Crippen LogP contribution in [0.4, 0.5) is 24.5 Å². The number of nitrogens with two attached hydrogens (primary N) is 1. The molecule has 1 fully saturated rings. The minimum Gasteiger partial charge on any atom is -0.491 e. The number of piperazine rings is 1. The van der Waals surface area contributed by atoms with Crippen molar-refractivity contribution in [3.8, 4) is 11.5 Å². The molecular weight excluding hydrogens is 483 g/mol. The number of thiophene rings is 1. The lowest BCUT2D eigenvalue weighted by Crippen LogP contribution is -2.44. The lowest BCUT2D eigenvalue weighted by Gasteiger charge is -2.33. The number of nitrogen functional groups attached to an aromatic ring is 1. The number of nitrogens with zero attached hydrogens (tertiary/aromatic N) is 2. The molecule has 8 nitrogen and oxygen atoms in total. The summed E-state index contributed by atoms with van der Waals surface area (Å²) in [6.07, 6.45) is -4.54. The molecule has 35 heavy (non-hydrogen) atoms. The molecule has 2 aromatic heterocycles. The monoisotopic (exact) mass is 507 g/mol. The van der Waals surface area contributed by atoms with E-state index in [0.29, 0.717) is 70.4 Å². The number of carbonyl (C=O) groups excluding carboxylic acids is 1. The van der Waals surface area contributed by atoms with Crippen molar-refractivity contribution in [3.05, 3.63) is 40.4 Å². The van der Waals surface area contributed by atoms with Crippen molar-refractivity contribution in [2.45, 2.75) is 25.7 Å². The van der Waals surface area contributed by atoms with Crippen LogP contribution in [0, 0.1) is 6.92 Å². The number of hydrogen-bond donors (Lipinski definition) is 3. The first-order chi connectivity index (χ1) is 16.7. The van der Waals surface area contributed by atoms with E-state index in [0.717, 1.165) is 5.69 Å². The van der Waals surface area contributed by atoms with Gasteiger partial charge in [0.2, 0.25) is 0 Å². The number of nitrogens with one attached hydrogen (secondary N) is 2. The van der Waals surface area contributed by atoms with E-state index in [1.807, 2.05) is 24.0 Å². The van der Waals surface area contributed by atoms with E-state index < -0.39 is 12.4 Å². The Hall–Kier alpha value is -3.25. The van der Waals surface area contributed by atoms with Gasteiger partial charge in [-0.1, -0.05) is 0 Å². The standard InChI is InChI=1S/C23H24F3N5O3S/c1-12-2-3-15-19(27)20(35-22(15)29-12)21(32)30-14-8-13-9-18(34-23(24,25)26)16(10-17(13)33-11-14)31-6-4-28-5-7-31/h2-3,9-10,14,28H,4-8,11,27H2,1H3,(H,30,32)/t14-/m1/s1. The molecule has 0 unspecified atom stereocenters. The summed E-state index contributed by atoms with van der Waals surface area (Å²) in [7, 11) is 0. The number of alkyl halides is 3. The molecule has 1 atom stereocenters. The van der Waals surface area contributed by atoms with Crippen LogP contribution in [0.2, 0.25) is 0 Å². The molecule has 0 aliphatic carbocycles. The van der Waals surface area contributed by atoms with Gasteiger partial charge in [0, 0.05) is 48.9 Å². The zero-order valence-electron chi connectivity index (χ0n) is 18.9. The molecule has 2 aliphatic rings. The van der Waals surface area contributed by atoms with E-state index >= 15 is 0 Å². The van der Waals surface area contributed by atoms with Crippen LogP contribution in [-0.4, -0.2) is 56.1 Å². The maximum Gasteiger partial charge on any atom is 0.573 e. The molecule has 0 saturated carbocycles. The van der Waals surface area contributed by atoms with Crippen molar-refractivity contribution in [2.24, 2.45) is 0 Å². The van der Waals surface area contributed by atoms with Crippen LogP contribution in [-0.2, 0) is 6.42 Å². The third-order valence-corrected chi connectivity index (χ3v) is 7.12. The number of aromatic nitrogens is 1. The van der Waals surface area contributed by atoms with Crippen LogP contribution >= 0.6 is 11.3 Å². The molecule has 0 radical (unpaired) electrons. The maximum atomic E-state index is 13.2. The van der Waals surface area contributed by atoms with Gasteiger partial charge in [-0.05, 0) is 31.5 Å². The predicted molar refractivity (Wildman–Crippen MR) is 127 cm³/mol. The van der Waals surface area contributed by atoms with Gasteiger partial charge in [0.05, 0.1) is 17.4 Å². The molecule has 186 valence electrons. The van der Waals surface area contributed by atoms with E-state index in [1.165, 1.54) is 17.4 Å². The van der Waals surface area contributed by atoms with E-state index in [4.69, 9.17) is 10.5 Å². The second-order valence-electron chi connectivity index (χ2n) is 8.55. The zero-order valence-corrected chi connectivity index (χ0v) is 19.7. The van der Waals surface area contributed by atoms with Crippen molar-refractivity contribution in [1.29, 1.82) is 0 Å². The highest BCUT2D eigenvalue weighted by atomic mass is 32.1. The van der Waals surface area contributed by atoms with Crippen LogP contribution in [0.1, 0.15) is 20.9 Å². The number of fused-ring (bicyclic) bond motifs is 2. The Bertz CT molecular complexity index is 1270. The number of amides is 1. The molecule has 4 heterocycles. The Morgan fingerprint density at radius 2 is 2.09 bits per heavy atom. The Kier molecular flexibility index (Phi) is 6.09. The highest BCUT2D eigenvalue weighted by Gasteiger charge is 2.35. The number of benzene rings is 1. The molecule has 12 heteroatoms. The van der Waals surface area contributed by atoms with Crippen molar-refractivity contribution in [2.75, 3.05) is 43.4 Å². The molecule has 4 N–H and O–H groups in total. The van der Waals surface area contributed by atoms with E-state index in [9.17, 15) is 18.0 Å². The molecule has 3 aromatic rings. The maximum absolute atomic E-state index is 13.2. The molecule has 0 bridgehead atoms. The van der Waals surface area contributed by atoms with Crippen molar-refractivity contribution in [3.63, 3.8) is 0 Å². The number of pyridine rings is 1. The fourth-order valence-electron chi connectivity index (χ4n) is 4.36. The summed E-state index contributed by atoms with van der Waals surface area (Å²) >= 11 is 1.20. The van der Waals surface area contributed by atoms with Crippen LogP contribution in [0.3, 0.4) is 0 Å². The summed E-state index contributed by atoms with van der Waals surface area (Å²) < 4.78 is 49.7. The molecule has 5 rings (SSSR count). The van der Waals surface area contributed by atoms with Gasteiger partial charge < -0.3 is 30.7 Å². The Labute approximate surface area is 203 Å². The first-order valence-electron chi connectivity index (χ1n) is 11.2. The highest BCUT2D eigenvalue weighted by molar-refractivity contribution is 7.21. The SMILES string of the molecule is Cc1ccc2c(N)c(C(=O)N[C@H]3COc4cc(N5CCNCC5)c(OC(F)(F)F)cc4C3)sc2n1. The van der Waals surface area contributed by atoms with Gasteiger partial charge in [0.25, 0.3) is 5.91 Å². The number of aryl methyl sites for hydroxylation is 1. The number of anilines is 2. The van der Waals surface area contributed by atoms with Gasteiger partial charge in [-0.3, -0.25) is 4.79 Å². The summed E-state index contributed by atoms with van der Waals surface area (Å²) in [6, 6.07) is 6.17. The quantitative estimate of drug-likeness (QED) is 0.499. The fourth-order valence-corrected chi connectivity index (χ4v) is 5.40.